The highest BCUT2D eigenvalue weighted by Crippen LogP contribution is 2.27. The number of nitrogens with one attached hydrogen (secondary N) is 1. The first kappa shape index (κ1) is 15.3. The first-order valence-corrected chi connectivity index (χ1v) is 7.02. The number of anilines is 1. The third-order valence-corrected chi connectivity index (χ3v) is 4.09. The van der Waals surface area contributed by atoms with Gasteiger partial charge in [-0.3, -0.25) is 0 Å². The second-order valence-corrected chi connectivity index (χ2v) is 5.23. The Morgan fingerprint density at radius 2 is 2.10 bits per heavy atom. The Labute approximate surface area is 122 Å². The van der Waals surface area contributed by atoms with Crippen LogP contribution in [0.3, 0.4) is 0 Å². The molecule has 0 fully saturated rings. The summed E-state index contributed by atoms with van der Waals surface area (Å²) in [5.41, 5.74) is 0.995. The van der Waals surface area contributed by atoms with Crippen LogP contribution in [0.1, 0.15) is 37.0 Å². The summed E-state index contributed by atoms with van der Waals surface area (Å²) in [6.07, 6.45) is 1.69. The number of aromatic carboxylic acids is 1. The molecular formula is C15H20N2O4. The molecule has 1 aromatic heterocycles. The lowest BCUT2D eigenvalue weighted by molar-refractivity contribution is 0.0697. The summed E-state index contributed by atoms with van der Waals surface area (Å²) in [6.45, 7) is 4.71. The maximum Gasteiger partial charge on any atom is 0.335 e. The molecule has 0 aliphatic carbocycles. The fourth-order valence-corrected chi connectivity index (χ4v) is 2.18. The molecule has 1 heterocycles. The molecule has 0 amide bonds. The lowest BCUT2D eigenvalue weighted by atomic mass is 9.83. The zero-order chi connectivity index (χ0) is 15.5. The Balaban J connectivity index is 2.18. The number of benzene rings is 1. The third-order valence-electron chi connectivity index (χ3n) is 4.09. The molecule has 1 aromatic carbocycles. The number of carboxylic acid groups (broad SMARTS) is 1. The van der Waals surface area contributed by atoms with E-state index < -0.39 is 5.97 Å². The van der Waals surface area contributed by atoms with Gasteiger partial charge < -0.3 is 19.9 Å². The van der Waals surface area contributed by atoms with Crippen molar-refractivity contribution < 1.29 is 19.4 Å². The molecule has 0 atom stereocenters. The Hall–Kier alpha value is -2.08. The quantitative estimate of drug-likeness (QED) is 0.726. The van der Waals surface area contributed by atoms with Crippen molar-refractivity contribution in [3.63, 3.8) is 0 Å². The zero-order valence-electron chi connectivity index (χ0n) is 12.2. The topological polar surface area (TPSA) is 95.6 Å². The summed E-state index contributed by atoms with van der Waals surface area (Å²) < 4.78 is 5.52. The summed E-state index contributed by atoms with van der Waals surface area (Å²) in [7, 11) is 0. The second kappa shape index (κ2) is 6.13. The third kappa shape index (κ3) is 3.16. The van der Waals surface area contributed by atoms with E-state index in [2.05, 4.69) is 10.3 Å². The molecule has 0 unspecified atom stereocenters. The van der Waals surface area contributed by atoms with E-state index in [0.717, 1.165) is 12.8 Å². The number of fused-ring (bicyclic) bond motifs is 1. The number of oxazole rings is 1. The minimum absolute atomic E-state index is 0.0936. The molecule has 0 radical (unpaired) electrons. The van der Waals surface area contributed by atoms with Gasteiger partial charge in [0.05, 0.1) is 12.2 Å². The van der Waals surface area contributed by atoms with Crippen molar-refractivity contribution in [3.05, 3.63) is 23.8 Å². The standard InChI is InChI=1S/C15H20N2O4/c1-3-15(4-2,9-18)8-16-14-17-11-6-5-10(13(19)20)7-12(11)21-14/h5-7,18H,3-4,8-9H2,1-2H3,(H,16,17)(H,19,20). The van der Waals surface area contributed by atoms with Gasteiger partial charge in [0.15, 0.2) is 5.58 Å². The van der Waals surface area contributed by atoms with Crippen LogP contribution < -0.4 is 5.32 Å². The molecular weight excluding hydrogens is 272 g/mol. The number of rotatable bonds is 7. The molecule has 0 saturated carbocycles. The van der Waals surface area contributed by atoms with Crippen molar-refractivity contribution in [3.8, 4) is 0 Å². The molecule has 0 saturated heterocycles. The molecule has 0 spiro atoms. The summed E-state index contributed by atoms with van der Waals surface area (Å²) in [5.74, 6) is -1.00. The van der Waals surface area contributed by atoms with Crippen LogP contribution in [0, 0.1) is 5.41 Å². The van der Waals surface area contributed by atoms with E-state index in [4.69, 9.17) is 9.52 Å². The van der Waals surface area contributed by atoms with Crippen LogP contribution in [-0.4, -0.2) is 34.3 Å². The zero-order valence-corrected chi connectivity index (χ0v) is 12.2. The maximum atomic E-state index is 10.9. The monoisotopic (exact) mass is 292 g/mol. The number of hydrogen-bond donors (Lipinski definition) is 3. The molecule has 0 aliphatic heterocycles. The second-order valence-electron chi connectivity index (χ2n) is 5.23. The van der Waals surface area contributed by atoms with Gasteiger partial charge in [-0.05, 0) is 31.0 Å². The summed E-state index contributed by atoms with van der Waals surface area (Å²) in [5, 5.41) is 21.6. The number of aromatic nitrogens is 1. The van der Waals surface area contributed by atoms with Crippen molar-refractivity contribution in [2.75, 3.05) is 18.5 Å². The van der Waals surface area contributed by atoms with Crippen molar-refractivity contribution in [1.29, 1.82) is 0 Å². The van der Waals surface area contributed by atoms with Gasteiger partial charge in [-0.2, -0.15) is 4.98 Å². The van der Waals surface area contributed by atoms with Crippen molar-refractivity contribution in [2.24, 2.45) is 5.41 Å². The van der Waals surface area contributed by atoms with Crippen LogP contribution in [0.4, 0.5) is 6.01 Å². The van der Waals surface area contributed by atoms with E-state index in [-0.39, 0.29) is 17.6 Å². The lowest BCUT2D eigenvalue weighted by Gasteiger charge is -2.29. The number of carboxylic acids is 1. The van der Waals surface area contributed by atoms with Gasteiger partial charge in [0.2, 0.25) is 0 Å². The molecule has 0 aliphatic rings. The van der Waals surface area contributed by atoms with Gasteiger partial charge in [-0.25, -0.2) is 4.79 Å². The van der Waals surface area contributed by atoms with E-state index in [1.165, 1.54) is 12.1 Å². The van der Waals surface area contributed by atoms with Crippen LogP contribution in [0.2, 0.25) is 0 Å². The highest BCUT2D eigenvalue weighted by atomic mass is 16.4. The van der Waals surface area contributed by atoms with Gasteiger partial charge in [-0.15, -0.1) is 0 Å². The van der Waals surface area contributed by atoms with Crippen molar-refractivity contribution >= 4 is 23.1 Å². The summed E-state index contributed by atoms with van der Waals surface area (Å²) in [6, 6.07) is 4.90. The average Bonchev–Trinajstić information content (AvgIpc) is 2.91. The van der Waals surface area contributed by atoms with Gasteiger partial charge in [0.25, 0.3) is 6.01 Å². The van der Waals surface area contributed by atoms with Gasteiger partial charge in [0, 0.05) is 12.0 Å². The van der Waals surface area contributed by atoms with Gasteiger partial charge in [-0.1, -0.05) is 13.8 Å². The fourth-order valence-electron chi connectivity index (χ4n) is 2.18. The molecule has 114 valence electrons. The highest BCUT2D eigenvalue weighted by Gasteiger charge is 2.25. The van der Waals surface area contributed by atoms with Crippen LogP contribution in [0.15, 0.2) is 22.6 Å². The number of aliphatic hydroxyl groups excluding tert-OH is 1. The predicted octanol–water partition coefficient (Wildman–Crippen LogP) is 2.74. The maximum absolute atomic E-state index is 10.9. The minimum Gasteiger partial charge on any atom is -0.478 e. The van der Waals surface area contributed by atoms with E-state index >= 15 is 0 Å². The Kier molecular flexibility index (Phi) is 4.47. The van der Waals surface area contributed by atoms with Crippen molar-refractivity contribution in [2.45, 2.75) is 26.7 Å². The highest BCUT2D eigenvalue weighted by molar-refractivity contribution is 5.92. The van der Waals surface area contributed by atoms with Gasteiger partial charge >= 0.3 is 5.97 Å². The molecule has 6 heteroatoms. The normalized spacial score (nSPS) is 11.8. The Morgan fingerprint density at radius 1 is 1.38 bits per heavy atom. The van der Waals surface area contributed by atoms with Crippen LogP contribution >= 0.6 is 0 Å². The number of aliphatic hydroxyl groups is 1. The first-order chi connectivity index (χ1) is 10.0. The van der Waals surface area contributed by atoms with E-state index in [0.29, 0.717) is 23.7 Å². The Bertz CT molecular complexity index is 623. The summed E-state index contributed by atoms with van der Waals surface area (Å²) in [4.78, 5) is 15.2. The van der Waals surface area contributed by atoms with Crippen LogP contribution in [0.5, 0.6) is 0 Å². The molecule has 6 nitrogen and oxygen atoms in total. The largest absolute Gasteiger partial charge is 0.478 e. The lowest BCUT2D eigenvalue weighted by Crippen LogP contribution is -2.32. The van der Waals surface area contributed by atoms with E-state index in [1.807, 2.05) is 13.8 Å². The minimum atomic E-state index is -1.00. The Morgan fingerprint density at radius 3 is 2.67 bits per heavy atom. The molecule has 3 N–H and O–H groups in total. The summed E-state index contributed by atoms with van der Waals surface area (Å²) >= 11 is 0. The molecule has 2 rings (SSSR count). The molecule has 21 heavy (non-hydrogen) atoms. The first-order valence-electron chi connectivity index (χ1n) is 7.02. The van der Waals surface area contributed by atoms with Crippen LogP contribution in [0.25, 0.3) is 11.1 Å². The number of carbonyl (C=O) groups is 1. The molecule has 0 bridgehead atoms. The van der Waals surface area contributed by atoms with Gasteiger partial charge in [0.1, 0.15) is 5.52 Å². The van der Waals surface area contributed by atoms with Crippen LogP contribution in [-0.2, 0) is 0 Å². The van der Waals surface area contributed by atoms with E-state index in [9.17, 15) is 9.90 Å². The van der Waals surface area contributed by atoms with E-state index in [1.54, 1.807) is 6.07 Å². The SMILES string of the molecule is CCC(CC)(CO)CNc1nc2ccc(C(=O)O)cc2o1. The number of nitrogens with zero attached hydrogens (tertiary/aromatic N) is 1. The average molecular weight is 292 g/mol. The number of hydrogen-bond acceptors (Lipinski definition) is 5. The molecule has 2 aromatic rings. The predicted molar refractivity (Wildman–Crippen MR) is 79.6 cm³/mol. The fraction of sp³-hybridized carbons (Fsp3) is 0.467. The van der Waals surface area contributed by atoms with Crippen molar-refractivity contribution in [1.82, 2.24) is 4.98 Å². The smallest absolute Gasteiger partial charge is 0.335 e.